The lowest BCUT2D eigenvalue weighted by molar-refractivity contribution is -0.870. The molecule has 0 bridgehead atoms. The molecule has 0 saturated heterocycles. The average molecular weight is 809 g/mol. The first-order valence-electron chi connectivity index (χ1n) is 22.5. The van der Waals surface area contributed by atoms with Crippen LogP contribution in [0.1, 0.15) is 174 Å². The number of carbonyl (C=O) groups is 1. The van der Waals surface area contributed by atoms with Crippen molar-refractivity contribution < 1.29 is 37.3 Å². The molecule has 0 amide bonds. The van der Waals surface area contributed by atoms with Crippen LogP contribution in [0.3, 0.4) is 0 Å². The summed E-state index contributed by atoms with van der Waals surface area (Å²) in [4.78, 5) is 22.9. The molecule has 1 N–H and O–H groups in total. The Kier molecular flexibility index (Phi) is 38.7. The lowest BCUT2D eigenvalue weighted by Gasteiger charge is -2.24. The van der Waals surface area contributed by atoms with Gasteiger partial charge in [-0.05, 0) is 57.8 Å². The van der Waals surface area contributed by atoms with Gasteiger partial charge < -0.3 is 18.9 Å². The molecular formula is C47H87NO7P+. The topological polar surface area (TPSA) is 91.3 Å². The van der Waals surface area contributed by atoms with E-state index in [1.54, 1.807) is 0 Å². The summed E-state index contributed by atoms with van der Waals surface area (Å²) in [5.74, 6) is -0.326. The van der Waals surface area contributed by atoms with E-state index in [1.807, 2.05) is 21.1 Å². The van der Waals surface area contributed by atoms with Gasteiger partial charge in [0.1, 0.15) is 19.3 Å². The number of carbonyl (C=O) groups excluding carboxylic acids is 1. The number of hydrogen-bond donors (Lipinski definition) is 1. The number of likely N-dealkylation sites (N-methyl/N-ethyl adjacent to an activating group) is 1. The lowest BCUT2D eigenvalue weighted by atomic mass is 10.1. The number of nitrogens with zero attached hydrogens (tertiary/aromatic N) is 1. The van der Waals surface area contributed by atoms with Gasteiger partial charge in [0.25, 0.3) is 0 Å². The first kappa shape index (κ1) is 54.2. The number of phosphoric ester groups is 1. The minimum absolute atomic E-state index is 0.0847. The van der Waals surface area contributed by atoms with Crippen molar-refractivity contribution in [2.45, 2.75) is 180 Å². The van der Waals surface area contributed by atoms with E-state index in [1.165, 1.54) is 83.5 Å². The van der Waals surface area contributed by atoms with E-state index in [2.05, 4.69) is 74.6 Å². The second-order valence-corrected chi connectivity index (χ2v) is 17.5. The van der Waals surface area contributed by atoms with Crippen LogP contribution in [0.5, 0.6) is 0 Å². The van der Waals surface area contributed by atoms with Crippen LogP contribution in [0.25, 0.3) is 0 Å². The molecule has 56 heavy (non-hydrogen) atoms. The summed E-state index contributed by atoms with van der Waals surface area (Å²) in [6.45, 7) is 5.49. The van der Waals surface area contributed by atoms with Gasteiger partial charge in [-0.2, -0.15) is 0 Å². The zero-order chi connectivity index (χ0) is 41.3. The molecular weight excluding hydrogens is 721 g/mol. The van der Waals surface area contributed by atoms with Crippen LogP contribution in [0.2, 0.25) is 0 Å². The average Bonchev–Trinajstić information content (AvgIpc) is 3.15. The molecule has 326 valence electrons. The molecule has 0 aliphatic rings. The second-order valence-electron chi connectivity index (χ2n) is 16.1. The Morgan fingerprint density at radius 3 is 1.55 bits per heavy atom. The maximum absolute atomic E-state index is 12.7. The fraction of sp³-hybridized carbons (Fsp3) is 0.766. The van der Waals surface area contributed by atoms with Crippen LogP contribution in [0.15, 0.2) is 60.8 Å². The number of ether oxygens (including phenoxy) is 2. The summed E-state index contributed by atoms with van der Waals surface area (Å²) in [6, 6.07) is 0. The summed E-state index contributed by atoms with van der Waals surface area (Å²) < 4.78 is 35.0. The largest absolute Gasteiger partial charge is 0.472 e. The van der Waals surface area contributed by atoms with Crippen molar-refractivity contribution in [3.8, 4) is 0 Å². The van der Waals surface area contributed by atoms with Crippen LogP contribution in [0, 0.1) is 0 Å². The van der Waals surface area contributed by atoms with Crippen molar-refractivity contribution in [1.82, 2.24) is 0 Å². The second kappa shape index (κ2) is 40.0. The number of quaternary nitrogens is 1. The molecule has 0 aliphatic heterocycles. The Morgan fingerprint density at radius 1 is 0.571 bits per heavy atom. The molecule has 0 radical (unpaired) electrons. The normalized spacial score (nSPS) is 14.3. The zero-order valence-electron chi connectivity index (χ0n) is 36.9. The smallest absolute Gasteiger partial charge is 0.457 e. The molecule has 2 atom stereocenters. The van der Waals surface area contributed by atoms with Gasteiger partial charge in [0.2, 0.25) is 0 Å². The highest BCUT2D eigenvalue weighted by Crippen LogP contribution is 2.43. The molecule has 0 spiro atoms. The Labute approximate surface area is 345 Å². The molecule has 0 aromatic carbocycles. The predicted octanol–water partition coefficient (Wildman–Crippen LogP) is 13.3. The SMILES string of the molecule is CC/C=C\C/C=C\C/C=C\C/C=C\C/C=C\CCCCCCCCCC(=O)OC(COCCCCCCCCCCCCC)COP(=O)(O)OCC[N+](C)(C)C. The maximum atomic E-state index is 12.7. The van der Waals surface area contributed by atoms with Crippen LogP contribution < -0.4 is 0 Å². The molecule has 0 aliphatic carbocycles. The Bertz CT molecular complexity index is 1080. The van der Waals surface area contributed by atoms with E-state index < -0.39 is 13.9 Å². The molecule has 0 saturated carbocycles. The minimum atomic E-state index is -4.28. The van der Waals surface area contributed by atoms with E-state index in [0.29, 0.717) is 24.1 Å². The van der Waals surface area contributed by atoms with E-state index in [-0.39, 0.29) is 25.8 Å². The minimum Gasteiger partial charge on any atom is -0.457 e. The zero-order valence-corrected chi connectivity index (χ0v) is 37.7. The van der Waals surface area contributed by atoms with Crippen molar-refractivity contribution >= 4 is 13.8 Å². The van der Waals surface area contributed by atoms with Gasteiger partial charge in [-0.1, -0.05) is 171 Å². The van der Waals surface area contributed by atoms with Gasteiger partial charge in [-0.3, -0.25) is 13.8 Å². The van der Waals surface area contributed by atoms with E-state index in [9.17, 15) is 14.3 Å². The van der Waals surface area contributed by atoms with Crippen molar-refractivity contribution in [3.05, 3.63) is 60.8 Å². The molecule has 0 aromatic rings. The molecule has 0 fully saturated rings. The highest BCUT2D eigenvalue weighted by molar-refractivity contribution is 7.47. The number of esters is 1. The van der Waals surface area contributed by atoms with Gasteiger partial charge in [0.05, 0.1) is 34.4 Å². The fourth-order valence-corrected chi connectivity index (χ4v) is 6.61. The van der Waals surface area contributed by atoms with Crippen LogP contribution in [-0.4, -0.2) is 75.6 Å². The lowest BCUT2D eigenvalue weighted by Crippen LogP contribution is -2.37. The van der Waals surface area contributed by atoms with Gasteiger partial charge in [0.15, 0.2) is 0 Å². The first-order valence-corrected chi connectivity index (χ1v) is 24.0. The van der Waals surface area contributed by atoms with E-state index in [0.717, 1.165) is 70.6 Å². The summed E-state index contributed by atoms with van der Waals surface area (Å²) in [7, 11) is 1.65. The Balaban J connectivity index is 4.19. The van der Waals surface area contributed by atoms with Crippen molar-refractivity contribution in [3.63, 3.8) is 0 Å². The van der Waals surface area contributed by atoms with Crippen LogP contribution in [0.4, 0.5) is 0 Å². The molecule has 0 aromatic heterocycles. The first-order chi connectivity index (χ1) is 27.1. The summed E-state index contributed by atoms with van der Waals surface area (Å²) in [6.07, 6.45) is 49.6. The van der Waals surface area contributed by atoms with Crippen LogP contribution >= 0.6 is 7.82 Å². The van der Waals surface area contributed by atoms with Crippen LogP contribution in [-0.2, 0) is 27.9 Å². The monoisotopic (exact) mass is 809 g/mol. The predicted molar refractivity (Wildman–Crippen MR) is 238 cm³/mol. The molecule has 0 rings (SSSR count). The summed E-state index contributed by atoms with van der Waals surface area (Å²) in [5, 5.41) is 0. The quantitative estimate of drug-likeness (QED) is 0.0216. The van der Waals surface area contributed by atoms with Gasteiger partial charge in [-0.15, -0.1) is 0 Å². The van der Waals surface area contributed by atoms with E-state index >= 15 is 0 Å². The molecule has 2 unspecified atom stereocenters. The third kappa shape index (κ3) is 43.3. The highest BCUT2D eigenvalue weighted by Gasteiger charge is 2.26. The molecule has 0 heterocycles. The standard InChI is InChI=1S/C47H86NO7P/c1-6-8-10-12-14-16-18-19-20-21-22-23-24-25-26-27-28-29-30-32-34-36-38-40-47(49)55-46(45-54-56(50,51)53-43-41-48(3,4)5)44-52-42-39-37-35-33-31-17-15-13-11-9-7-2/h8,10,14,16,19-20,22-23,25-26,46H,6-7,9,11-13,15,17-18,21,24,27-45H2,1-5H3/p+1/b10-8-,16-14-,20-19-,23-22-,26-25-. The molecule has 8 nitrogen and oxygen atoms in total. The number of phosphoric acid groups is 1. The third-order valence-corrected chi connectivity index (χ3v) is 10.3. The van der Waals surface area contributed by atoms with Gasteiger partial charge >= 0.3 is 13.8 Å². The maximum Gasteiger partial charge on any atom is 0.472 e. The summed E-state index contributed by atoms with van der Waals surface area (Å²) in [5.41, 5.74) is 0. The molecule has 9 heteroatoms. The number of rotatable bonds is 41. The summed E-state index contributed by atoms with van der Waals surface area (Å²) >= 11 is 0. The Hall–Kier alpha value is -1.80. The fourth-order valence-electron chi connectivity index (χ4n) is 5.87. The van der Waals surface area contributed by atoms with Gasteiger partial charge in [0, 0.05) is 13.0 Å². The number of hydrogen-bond acceptors (Lipinski definition) is 6. The van der Waals surface area contributed by atoms with Crippen molar-refractivity contribution in [2.24, 2.45) is 0 Å². The highest BCUT2D eigenvalue weighted by atomic mass is 31.2. The third-order valence-electron chi connectivity index (χ3n) is 9.34. The number of unbranched alkanes of at least 4 members (excludes halogenated alkanes) is 17. The number of allylic oxidation sites excluding steroid dienone is 10. The van der Waals surface area contributed by atoms with Crippen molar-refractivity contribution in [2.75, 3.05) is 54.1 Å². The van der Waals surface area contributed by atoms with Crippen molar-refractivity contribution in [1.29, 1.82) is 0 Å². The van der Waals surface area contributed by atoms with E-state index in [4.69, 9.17) is 18.5 Å². The Morgan fingerprint density at radius 2 is 1.04 bits per heavy atom. The van der Waals surface area contributed by atoms with Gasteiger partial charge in [-0.25, -0.2) is 4.57 Å².